The molecular weight excluding hydrogens is 391 g/mol. The molecule has 9 heteroatoms. The fraction of sp³-hybridized carbons (Fsp3) is 0.125. The van der Waals surface area contributed by atoms with Gasteiger partial charge in [-0.1, -0.05) is 34.8 Å². The van der Waals surface area contributed by atoms with Gasteiger partial charge in [0.15, 0.2) is 11.5 Å². The summed E-state index contributed by atoms with van der Waals surface area (Å²) in [6.07, 6.45) is 0. The largest absolute Gasteiger partial charge is 0.493 e. The van der Waals surface area contributed by atoms with Crippen LogP contribution in [0.3, 0.4) is 0 Å². The van der Waals surface area contributed by atoms with Crippen LogP contribution in [0.15, 0.2) is 30.3 Å². The highest BCUT2D eigenvalue weighted by Gasteiger charge is 2.17. The van der Waals surface area contributed by atoms with E-state index in [1.54, 1.807) is 6.07 Å². The third kappa shape index (κ3) is 4.48. The zero-order chi connectivity index (χ0) is 18.6. The van der Waals surface area contributed by atoms with Crippen LogP contribution in [0.5, 0.6) is 11.5 Å². The van der Waals surface area contributed by atoms with Gasteiger partial charge in [-0.15, -0.1) is 0 Å². The molecule has 0 radical (unpaired) electrons. The Morgan fingerprint density at radius 1 is 0.880 bits per heavy atom. The van der Waals surface area contributed by atoms with E-state index in [4.69, 9.17) is 44.3 Å². The van der Waals surface area contributed by atoms with Crippen LogP contribution in [0, 0.1) is 0 Å². The Morgan fingerprint density at radius 3 is 2.20 bits per heavy atom. The topological polar surface area (TPSA) is 76.7 Å². The van der Waals surface area contributed by atoms with Crippen LogP contribution in [0.4, 0.5) is 0 Å². The molecule has 0 fully saturated rings. The summed E-state index contributed by atoms with van der Waals surface area (Å²) < 4.78 is 10.2. The quantitative estimate of drug-likeness (QED) is 0.763. The molecule has 2 aromatic carbocycles. The van der Waals surface area contributed by atoms with Crippen LogP contribution in [0.1, 0.15) is 20.7 Å². The molecule has 0 saturated carbocycles. The number of hydrogen-bond donors (Lipinski definition) is 2. The van der Waals surface area contributed by atoms with Gasteiger partial charge in [0.1, 0.15) is 0 Å². The van der Waals surface area contributed by atoms with Gasteiger partial charge < -0.3 is 9.47 Å². The second-order valence-corrected chi connectivity index (χ2v) is 5.98. The number of carbonyl (C=O) groups excluding carboxylic acids is 2. The molecule has 132 valence electrons. The van der Waals surface area contributed by atoms with E-state index in [1.807, 2.05) is 0 Å². The molecular formula is C16H13Cl3N2O4. The van der Waals surface area contributed by atoms with Crippen molar-refractivity contribution in [1.29, 1.82) is 0 Å². The van der Waals surface area contributed by atoms with Crippen molar-refractivity contribution < 1.29 is 19.1 Å². The predicted molar refractivity (Wildman–Crippen MR) is 96.0 cm³/mol. The van der Waals surface area contributed by atoms with E-state index < -0.39 is 11.8 Å². The highest BCUT2D eigenvalue weighted by Crippen LogP contribution is 2.35. The molecule has 0 aromatic heterocycles. The summed E-state index contributed by atoms with van der Waals surface area (Å²) in [7, 11) is 2.84. The van der Waals surface area contributed by atoms with Crippen molar-refractivity contribution in [2.24, 2.45) is 0 Å². The normalized spacial score (nSPS) is 10.1. The van der Waals surface area contributed by atoms with Crippen LogP contribution in [-0.4, -0.2) is 26.0 Å². The lowest BCUT2D eigenvalue weighted by Gasteiger charge is -2.12. The minimum Gasteiger partial charge on any atom is -0.493 e. The first kappa shape index (κ1) is 19.2. The lowest BCUT2D eigenvalue weighted by Crippen LogP contribution is -2.41. The number of rotatable bonds is 4. The lowest BCUT2D eigenvalue weighted by atomic mass is 10.2. The number of methoxy groups -OCH3 is 2. The van der Waals surface area contributed by atoms with E-state index in [-0.39, 0.29) is 26.9 Å². The van der Waals surface area contributed by atoms with Crippen LogP contribution >= 0.6 is 34.8 Å². The van der Waals surface area contributed by atoms with Gasteiger partial charge >= 0.3 is 0 Å². The maximum atomic E-state index is 12.2. The number of carbonyl (C=O) groups is 2. The molecule has 2 amide bonds. The van der Waals surface area contributed by atoms with Crippen molar-refractivity contribution in [3.8, 4) is 11.5 Å². The molecule has 0 unspecified atom stereocenters. The molecule has 0 saturated heterocycles. The fourth-order valence-corrected chi connectivity index (χ4v) is 2.64. The summed E-state index contributed by atoms with van der Waals surface area (Å²) in [5.74, 6) is -0.637. The van der Waals surface area contributed by atoms with Crippen LogP contribution in [0.25, 0.3) is 0 Å². The average molecular weight is 404 g/mol. The lowest BCUT2D eigenvalue weighted by molar-refractivity contribution is 0.0846. The SMILES string of the molecule is COc1cc(C(=O)NNC(=O)c2cc(Cl)ccc2Cl)cc(Cl)c1OC. The summed E-state index contributed by atoms with van der Waals surface area (Å²) in [6, 6.07) is 7.23. The Balaban J connectivity index is 2.14. The zero-order valence-corrected chi connectivity index (χ0v) is 15.4. The van der Waals surface area contributed by atoms with Crippen LogP contribution in [0.2, 0.25) is 15.1 Å². The summed E-state index contributed by atoms with van der Waals surface area (Å²) >= 11 is 17.8. The van der Waals surface area contributed by atoms with E-state index in [2.05, 4.69) is 10.9 Å². The molecule has 2 aromatic rings. The molecule has 0 heterocycles. The Labute approximate surface area is 158 Å². The van der Waals surface area contributed by atoms with Crippen molar-refractivity contribution >= 4 is 46.6 Å². The molecule has 0 spiro atoms. The summed E-state index contributed by atoms with van der Waals surface area (Å²) in [5.41, 5.74) is 4.81. The first-order chi connectivity index (χ1) is 11.9. The fourth-order valence-electron chi connectivity index (χ4n) is 1.97. The molecule has 0 aliphatic heterocycles. The molecule has 6 nitrogen and oxygen atoms in total. The minimum atomic E-state index is -0.618. The van der Waals surface area contributed by atoms with Crippen molar-refractivity contribution in [3.05, 3.63) is 56.5 Å². The molecule has 0 aliphatic rings. The van der Waals surface area contributed by atoms with Gasteiger partial charge in [-0.05, 0) is 30.3 Å². The Bertz CT molecular complexity index is 827. The Hall–Kier alpha value is -2.15. The maximum absolute atomic E-state index is 12.2. The van der Waals surface area contributed by atoms with Crippen LogP contribution in [-0.2, 0) is 0 Å². The number of hydrogen-bond acceptors (Lipinski definition) is 4. The smallest absolute Gasteiger partial charge is 0.271 e. The van der Waals surface area contributed by atoms with Crippen molar-refractivity contribution in [3.63, 3.8) is 0 Å². The van der Waals surface area contributed by atoms with Gasteiger partial charge in [-0.25, -0.2) is 0 Å². The summed E-state index contributed by atoms with van der Waals surface area (Å²) in [6.45, 7) is 0. The Morgan fingerprint density at radius 2 is 1.56 bits per heavy atom. The van der Waals surface area contributed by atoms with Gasteiger partial charge in [0.2, 0.25) is 0 Å². The second kappa shape index (κ2) is 8.29. The number of benzene rings is 2. The van der Waals surface area contributed by atoms with E-state index in [9.17, 15) is 9.59 Å². The number of hydrazine groups is 1. The third-order valence-electron chi connectivity index (χ3n) is 3.16. The molecule has 0 bridgehead atoms. The molecule has 2 N–H and O–H groups in total. The number of ether oxygens (including phenoxy) is 2. The molecule has 2 rings (SSSR count). The first-order valence-electron chi connectivity index (χ1n) is 6.84. The van der Waals surface area contributed by atoms with Crippen molar-refractivity contribution in [1.82, 2.24) is 10.9 Å². The average Bonchev–Trinajstić information content (AvgIpc) is 2.60. The monoisotopic (exact) mass is 402 g/mol. The zero-order valence-electron chi connectivity index (χ0n) is 13.2. The maximum Gasteiger partial charge on any atom is 0.271 e. The number of nitrogens with one attached hydrogen (secondary N) is 2. The Kier molecular flexibility index (Phi) is 6.36. The summed E-state index contributed by atoms with van der Waals surface area (Å²) in [5, 5.41) is 0.731. The standard InChI is InChI=1S/C16H13Cl3N2O4/c1-24-13-6-8(5-12(19)14(13)25-2)15(22)20-21-16(23)10-7-9(17)3-4-11(10)18/h3-7H,1-2H3,(H,20,22)(H,21,23). The number of amides is 2. The molecule has 25 heavy (non-hydrogen) atoms. The molecule has 0 aliphatic carbocycles. The minimum absolute atomic E-state index is 0.125. The summed E-state index contributed by atoms with van der Waals surface area (Å²) in [4.78, 5) is 24.3. The van der Waals surface area contributed by atoms with Gasteiger partial charge in [-0.3, -0.25) is 20.4 Å². The third-order valence-corrected chi connectivity index (χ3v) is 4.00. The van der Waals surface area contributed by atoms with Crippen molar-refractivity contribution in [2.75, 3.05) is 14.2 Å². The van der Waals surface area contributed by atoms with E-state index in [0.29, 0.717) is 10.8 Å². The highest BCUT2D eigenvalue weighted by atomic mass is 35.5. The molecule has 0 atom stereocenters. The highest BCUT2D eigenvalue weighted by molar-refractivity contribution is 6.35. The van der Waals surface area contributed by atoms with E-state index in [1.165, 1.54) is 38.5 Å². The van der Waals surface area contributed by atoms with E-state index >= 15 is 0 Å². The van der Waals surface area contributed by atoms with Crippen LogP contribution < -0.4 is 20.3 Å². The van der Waals surface area contributed by atoms with Gasteiger partial charge in [0.05, 0.1) is 29.8 Å². The van der Waals surface area contributed by atoms with Gasteiger partial charge in [-0.2, -0.15) is 0 Å². The van der Waals surface area contributed by atoms with Crippen molar-refractivity contribution in [2.45, 2.75) is 0 Å². The van der Waals surface area contributed by atoms with Gasteiger partial charge in [0.25, 0.3) is 11.8 Å². The second-order valence-electron chi connectivity index (χ2n) is 4.73. The first-order valence-corrected chi connectivity index (χ1v) is 7.98. The number of halogens is 3. The van der Waals surface area contributed by atoms with E-state index in [0.717, 1.165) is 0 Å². The predicted octanol–water partition coefficient (Wildman–Crippen LogP) is 3.74. The van der Waals surface area contributed by atoms with Gasteiger partial charge in [0, 0.05) is 10.6 Å².